The summed E-state index contributed by atoms with van der Waals surface area (Å²) in [6.07, 6.45) is 4.94. The standard InChI is InChI=1S/C29H28FN3O5S/c1-32-16-24-25(29(32)34)28(38-17-19-7-11-22(37-3)12-8-19)26-23(27(24)33(2)39(4,35)36)14-20(15-31-26)13-18-5-9-21(30)10-6-18/h5-12,14-16,34H,13,17H2,1-4H3. The molecule has 2 aromatic heterocycles. The van der Waals surface area contributed by atoms with Gasteiger partial charge in [-0.3, -0.25) is 9.29 Å². The van der Waals surface area contributed by atoms with Gasteiger partial charge in [0.15, 0.2) is 5.75 Å². The van der Waals surface area contributed by atoms with Gasteiger partial charge in [0.1, 0.15) is 23.7 Å². The van der Waals surface area contributed by atoms with Crippen LogP contribution in [0.1, 0.15) is 16.7 Å². The molecule has 3 aromatic carbocycles. The molecule has 1 N–H and O–H groups in total. The van der Waals surface area contributed by atoms with Crippen molar-refractivity contribution in [3.8, 4) is 17.4 Å². The van der Waals surface area contributed by atoms with Crippen molar-refractivity contribution in [2.45, 2.75) is 13.0 Å². The Morgan fingerprint density at radius 2 is 1.69 bits per heavy atom. The number of methoxy groups -OCH3 is 1. The average Bonchev–Trinajstić information content (AvgIpc) is 3.20. The van der Waals surface area contributed by atoms with E-state index in [1.165, 1.54) is 28.1 Å². The number of hydrogen-bond acceptors (Lipinski definition) is 6. The summed E-state index contributed by atoms with van der Waals surface area (Å²) in [7, 11) is 1.06. The minimum Gasteiger partial charge on any atom is -0.497 e. The van der Waals surface area contributed by atoms with Crippen LogP contribution < -0.4 is 13.8 Å². The molecule has 0 bridgehead atoms. The van der Waals surface area contributed by atoms with Crippen LogP contribution in [0.15, 0.2) is 67.0 Å². The molecular formula is C29H28FN3O5S. The predicted molar refractivity (Wildman–Crippen MR) is 150 cm³/mol. The van der Waals surface area contributed by atoms with Gasteiger partial charge in [0.2, 0.25) is 15.9 Å². The Kier molecular flexibility index (Phi) is 6.82. The molecule has 5 aromatic rings. The van der Waals surface area contributed by atoms with E-state index in [0.29, 0.717) is 39.5 Å². The number of nitrogens with zero attached hydrogens (tertiary/aromatic N) is 3. The van der Waals surface area contributed by atoms with E-state index in [4.69, 9.17) is 14.5 Å². The van der Waals surface area contributed by atoms with E-state index in [9.17, 15) is 17.9 Å². The number of benzene rings is 3. The third kappa shape index (κ3) is 5.07. The minimum atomic E-state index is -3.67. The third-order valence-electron chi connectivity index (χ3n) is 6.72. The van der Waals surface area contributed by atoms with E-state index >= 15 is 0 Å². The molecule has 0 aliphatic heterocycles. The van der Waals surface area contributed by atoms with Crippen molar-refractivity contribution < 1.29 is 27.4 Å². The second kappa shape index (κ2) is 10.1. The van der Waals surface area contributed by atoms with Gasteiger partial charge in [0.05, 0.1) is 24.4 Å². The Hall–Kier alpha value is -4.31. The first-order valence-corrected chi connectivity index (χ1v) is 14.0. The predicted octanol–water partition coefficient (Wildman–Crippen LogP) is 5.15. The Balaban J connectivity index is 1.71. The Labute approximate surface area is 225 Å². The van der Waals surface area contributed by atoms with Crippen LogP contribution in [-0.4, -0.2) is 43.5 Å². The molecule has 0 radical (unpaired) electrons. The van der Waals surface area contributed by atoms with E-state index < -0.39 is 10.0 Å². The van der Waals surface area contributed by atoms with E-state index in [0.717, 1.165) is 28.7 Å². The van der Waals surface area contributed by atoms with Crippen LogP contribution in [0.3, 0.4) is 0 Å². The zero-order valence-corrected chi connectivity index (χ0v) is 22.8. The van der Waals surface area contributed by atoms with Gasteiger partial charge in [-0.1, -0.05) is 24.3 Å². The van der Waals surface area contributed by atoms with Gasteiger partial charge in [-0.15, -0.1) is 0 Å². The molecule has 202 valence electrons. The Bertz CT molecular complexity index is 1780. The maximum atomic E-state index is 13.4. The molecule has 0 saturated carbocycles. The maximum Gasteiger partial charge on any atom is 0.232 e. The third-order valence-corrected chi connectivity index (χ3v) is 7.90. The van der Waals surface area contributed by atoms with Gasteiger partial charge in [0, 0.05) is 37.3 Å². The van der Waals surface area contributed by atoms with Crippen molar-refractivity contribution in [3.63, 3.8) is 0 Å². The highest BCUT2D eigenvalue weighted by atomic mass is 32.2. The van der Waals surface area contributed by atoms with Crippen molar-refractivity contribution in [2.24, 2.45) is 7.05 Å². The first-order chi connectivity index (χ1) is 18.6. The molecule has 0 fully saturated rings. The summed E-state index contributed by atoms with van der Waals surface area (Å²) in [5.74, 6) is 0.665. The van der Waals surface area contributed by atoms with Gasteiger partial charge in [-0.25, -0.2) is 12.8 Å². The van der Waals surface area contributed by atoms with Crippen molar-refractivity contribution >= 4 is 37.4 Å². The Morgan fingerprint density at radius 3 is 2.33 bits per heavy atom. The van der Waals surface area contributed by atoms with Crippen LogP contribution in [0.5, 0.6) is 17.4 Å². The summed E-state index contributed by atoms with van der Waals surface area (Å²) in [4.78, 5) is 4.70. The zero-order valence-electron chi connectivity index (χ0n) is 22.0. The highest BCUT2D eigenvalue weighted by Crippen LogP contribution is 2.47. The highest BCUT2D eigenvalue weighted by molar-refractivity contribution is 7.92. The van der Waals surface area contributed by atoms with Crippen LogP contribution in [0.25, 0.3) is 21.7 Å². The quantitative estimate of drug-likeness (QED) is 0.288. The van der Waals surface area contributed by atoms with E-state index in [2.05, 4.69) is 0 Å². The normalized spacial score (nSPS) is 11.7. The van der Waals surface area contributed by atoms with E-state index in [1.807, 2.05) is 30.3 Å². The number of aromatic nitrogens is 2. The monoisotopic (exact) mass is 549 g/mol. The van der Waals surface area contributed by atoms with E-state index in [-0.39, 0.29) is 18.3 Å². The molecule has 0 aliphatic carbocycles. The average molecular weight is 550 g/mol. The molecule has 0 saturated heterocycles. The van der Waals surface area contributed by atoms with Gasteiger partial charge >= 0.3 is 0 Å². The van der Waals surface area contributed by atoms with Gasteiger partial charge in [-0.05, 0) is 53.4 Å². The number of aryl methyl sites for hydroxylation is 1. The highest BCUT2D eigenvalue weighted by Gasteiger charge is 2.27. The fourth-order valence-corrected chi connectivity index (χ4v) is 5.14. The molecule has 0 atom stereocenters. The number of hydrogen-bond donors (Lipinski definition) is 1. The van der Waals surface area contributed by atoms with E-state index in [1.54, 1.807) is 38.7 Å². The summed E-state index contributed by atoms with van der Waals surface area (Å²) >= 11 is 0. The van der Waals surface area contributed by atoms with Crippen LogP contribution in [0, 0.1) is 5.82 Å². The number of sulfonamides is 1. The van der Waals surface area contributed by atoms with Crippen LogP contribution in [0.4, 0.5) is 10.1 Å². The molecular weight excluding hydrogens is 521 g/mol. The number of ether oxygens (including phenoxy) is 2. The fourth-order valence-electron chi connectivity index (χ4n) is 4.61. The SMILES string of the molecule is COc1ccc(COc2c3ncc(Cc4ccc(F)cc4)cc3c(N(C)S(C)(=O)=O)c3cn(C)c(O)c23)cc1. The van der Waals surface area contributed by atoms with Crippen molar-refractivity contribution in [1.29, 1.82) is 0 Å². The lowest BCUT2D eigenvalue weighted by molar-refractivity contribution is 0.311. The molecule has 10 heteroatoms. The summed E-state index contributed by atoms with van der Waals surface area (Å²) in [5, 5.41) is 12.4. The van der Waals surface area contributed by atoms with Gasteiger partial charge < -0.3 is 19.1 Å². The minimum absolute atomic E-state index is 0.0722. The maximum absolute atomic E-state index is 13.4. The van der Waals surface area contributed by atoms with Crippen molar-refractivity contribution in [2.75, 3.05) is 24.7 Å². The fraction of sp³-hybridized carbons (Fsp3) is 0.207. The smallest absolute Gasteiger partial charge is 0.232 e. The number of pyridine rings is 1. The Morgan fingerprint density at radius 1 is 1.03 bits per heavy atom. The molecule has 0 amide bonds. The number of anilines is 1. The summed E-state index contributed by atoms with van der Waals surface area (Å²) < 4.78 is 53.1. The summed E-state index contributed by atoms with van der Waals surface area (Å²) in [6.45, 7) is 0.183. The van der Waals surface area contributed by atoms with Crippen LogP contribution in [0.2, 0.25) is 0 Å². The molecule has 0 aliphatic rings. The number of halogens is 1. The van der Waals surface area contributed by atoms with Crippen molar-refractivity contribution in [3.05, 3.63) is 89.5 Å². The summed E-state index contributed by atoms with van der Waals surface area (Å²) in [5.41, 5.74) is 3.34. The van der Waals surface area contributed by atoms with Crippen LogP contribution >= 0.6 is 0 Å². The molecule has 0 unspecified atom stereocenters. The lowest BCUT2D eigenvalue weighted by Crippen LogP contribution is -2.25. The van der Waals surface area contributed by atoms with Gasteiger partial charge in [-0.2, -0.15) is 0 Å². The molecule has 5 rings (SSSR count). The van der Waals surface area contributed by atoms with Crippen LogP contribution in [-0.2, 0) is 30.1 Å². The lowest BCUT2D eigenvalue weighted by Gasteiger charge is -2.22. The molecule has 2 heterocycles. The first kappa shape index (κ1) is 26.3. The summed E-state index contributed by atoms with van der Waals surface area (Å²) in [6, 6.07) is 15.5. The molecule has 0 spiro atoms. The van der Waals surface area contributed by atoms with Gasteiger partial charge in [0.25, 0.3) is 0 Å². The number of aromatic hydroxyl groups is 1. The second-order valence-electron chi connectivity index (χ2n) is 9.44. The first-order valence-electron chi connectivity index (χ1n) is 12.1. The number of fused-ring (bicyclic) bond motifs is 2. The largest absolute Gasteiger partial charge is 0.497 e. The lowest BCUT2D eigenvalue weighted by atomic mass is 10.0. The topological polar surface area (TPSA) is 93.9 Å². The molecule has 8 nitrogen and oxygen atoms in total. The number of rotatable bonds is 8. The zero-order chi connectivity index (χ0) is 27.9. The second-order valence-corrected chi connectivity index (χ2v) is 11.5. The van der Waals surface area contributed by atoms with Crippen molar-refractivity contribution in [1.82, 2.24) is 9.55 Å². The molecule has 39 heavy (non-hydrogen) atoms.